The van der Waals surface area contributed by atoms with Gasteiger partial charge in [0, 0.05) is 4.48 Å². The van der Waals surface area contributed by atoms with Crippen LogP contribution < -0.4 is 0 Å². The summed E-state index contributed by atoms with van der Waals surface area (Å²) in [5.74, 6) is 0. The number of hydrogen-bond acceptors (Lipinski definition) is 2. The minimum atomic E-state index is 0.588. The number of carbonyl (C=O) groups excluding carboxylic acids is 2. The van der Waals surface area contributed by atoms with Crippen molar-refractivity contribution in [3.8, 4) is 0 Å². The van der Waals surface area contributed by atoms with Gasteiger partial charge in [-0.15, -0.1) is 0 Å². The predicted octanol–water partition coefficient (Wildman–Crippen LogP) is 1.22. The average Bonchev–Trinajstić information content (AvgIpc) is 1.85. The minimum Gasteiger partial charge on any atom is -0.299 e. The zero-order valence-electron chi connectivity index (χ0n) is 4.58. The van der Waals surface area contributed by atoms with E-state index in [1.54, 1.807) is 0 Å². The second-order valence-electron chi connectivity index (χ2n) is 1.18. The molecule has 0 aliphatic rings. The first kappa shape index (κ1) is 8.30. The van der Waals surface area contributed by atoms with Crippen molar-refractivity contribution in [1.82, 2.24) is 0 Å². The van der Waals surface area contributed by atoms with Gasteiger partial charge in [0.2, 0.25) is 0 Å². The number of allylic oxidation sites excluding steroid dienone is 4. The van der Waals surface area contributed by atoms with Crippen molar-refractivity contribution >= 4 is 28.5 Å². The molecule has 0 saturated heterocycles. The summed E-state index contributed by atoms with van der Waals surface area (Å²) in [5.41, 5.74) is 0. The molecule has 0 aliphatic carbocycles. The first-order valence-corrected chi connectivity index (χ1v) is 3.03. The van der Waals surface area contributed by atoms with Gasteiger partial charge in [0.25, 0.3) is 0 Å². The van der Waals surface area contributed by atoms with Crippen LogP contribution in [0.4, 0.5) is 0 Å². The SMILES string of the molecule is O=C/C=C(Br)/C=C/C=O. The number of hydrogen-bond donors (Lipinski definition) is 0. The monoisotopic (exact) mass is 188 g/mol. The summed E-state index contributed by atoms with van der Waals surface area (Å²) in [4.78, 5) is 19.4. The fraction of sp³-hybridized carbons (Fsp3) is 0. The largest absolute Gasteiger partial charge is 0.299 e. The van der Waals surface area contributed by atoms with E-state index in [1.807, 2.05) is 0 Å². The van der Waals surface area contributed by atoms with E-state index in [9.17, 15) is 9.59 Å². The summed E-state index contributed by atoms with van der Waals surface area (Å²) in [7, 11) is 0. The lowest BCUT2D eigenvalue weighted by Crippen LogP contribution is -1.65. The van der Waals surface area contributed by atoms with E-state index in [0.717, 1.165) is 0 Å². The maximum absolute atomic E-state index is 9.75. The molecule has 0 saturated carbocycles. The standard InChI is InChI=1S/C6H5BrO2/c7-6(3-5-9)2-1-4-8/h1-5H/b2-1+,6-3-. The molecule has 0 spiro atoms. The molecule has 0 radical (unpaired) electrons. The maximum atomic E-state index is 9.75. The molecule has 48 valence electrons. The number of halogens is 1. The second-order valence-corrected chi connectivity index (χ2v) is 2.10. The van der Waals surface area contributed by atoms with Crippen LogP contribution in [0, 0.1) is 0 Å². The summed E-state index contributed by atoms with van der Waals surface area (Å²) in [5, 5.41) is 0. The first-order chi connectivity index (χ1) is 4.31. The van der Waals surface area contributed by atoms with Crippen LogP contribution in [0.1, 0.15) is 0 Å². The normalized spacial score (nSPS) is 11.9. The summed E-state index contributed by atoms with van der Waals surface area (Å²) >= 11 is 3.02. The molecule has 0 rings (SSSR count). The van der Waals surface area contributed by atoms with E-state index in [0.29, 0.717) is 17.1 Å². The summed E-state index contributed by atoms with van der Waals surface area (Å²) < 4.78 is 0.588. The Balaban J connectivity index is 3.88. The summed E-state index contributed by atoms with van der Waals surface area (Å²) in [6, 6.07) is 0. The van der Waals surface area contributed by atoms with Gasteiger partial charge < -0.3 is 0 Å². The van der Waals surface area contributed by atoms with E-state index in [1.165, 1.54) is 18.2 Å². The van der Waals surface area contributed by atoms with Crippen LogP contribution in [0.5, 0.6) is 0 Å². The molecule has 0 aliphatic heterocycles. The van der Waals surface area contributed by atoms with Crippen molar-refractivity contribution in [2.75, 3.05) is 0 Å². The Morgan fingerprint density at radius 1 is 1.22 bits per heavy atom. The van der Waals surface area contributed by atoms with E-state index >= 15 is 0 Å². The smallest absolute Gasteiger partial charge is 0.143 e. The highest BCUT2D eigenvalue weighted by Gasteiger charge is 1.78. The van der Waals surface area contributed by atoms with Crippen LogP contribution in [-0.4, -0.2) is 12.6 Å². The molecule has 0 fully saturated rings. The van der Waals surface area contributed by atoms with Crippen molar-refractivity contribution < 1.29 is 9.59 Å². The van der Waals surface area contributed by atoms with Crippen molar-refractivity contribution in [3.63, 3.8) is 0 Å². The number of aldehydes is 2. The van der Waals surface area contributed by atoms with Crippen LogP contribution in [0.25, 0.3) is 0 Å². The Morgan fingerprint density at radius 3 is 2.33 bits per heavy atom. The topological polar surface area (TPSA) is 34.1 Å². The lowest BCUT2D eigenvalue weighted by molar-refractivity contribution is -0.104. The molecule has 0 aromatic heterocycles. The lowest BCUT2D eigenvalue weighted by atomic mass is 10.4. The second kappa shape index (κ2) is 5.44. The Morgan fingerprint density at radius 2 is 1.89 bits per heavy atom. The van der Waals surface area contributed by atoms with Gasteiger partial charge in [-0.25, -0.2) is 0 Å². The van der Waals surface area contributed by atoms with Crippen LogP contribution in [0.2, 0.25) is 0 Å². The molecule has 0 heterocycles. The van der Waals surface area contributed by atoms with E-state index < -0.39 is 0 Å². The number of rotatable bonds is 3. The average molecular weight is 189 g/mol. The molecule has 0 atom stereocenters. The molecule has 3 heteroatoms. The highest BCUT2D eigenvalue weighted by atomic mass is 79.9. The van der Waals surface area contributed by atoms with Crippen LogP contribution in [0.3, 0.4) is 0 Å². The van der Waals surface area contributed by atoms with Crippen molar-refractivity contribution in [2.45, 2.75) is 0 Å². The molecule has 2 nitrogen and oxygen atoms in total. The Bertz CT molecular complexity index is 158. The van der Waals surface area contributed by atoms with Crippen LogP contribution in [-0.2, 0) is 9.59 Å². The molecule has 0 aromatic carbocycles. The molecule has 0 amide bonds. The summed E-state index contributed by atoms with van der Waals surface area (Å²) in [6.07, 6.45) is 5.37. The molecular formula is C6H5BrO2. The minimum absolute atomic E-state index is 0.588. The molecule has 0 bridgehead atoms. The molecule has 0 aromatic rings. The first-order valence-electron chi connectivity index (χ1n) is 2.24. The maximum Gasteiger partial charge on any atom is 0.143 e. The zero-order chi connectivity index (χ0) is 7.11. The molecule has 9 heavy (non-hydrogen) atoms. The van der Waals surface area contributed by atoms with Gasteiger partial charge in [-0.1, -0.05) is 15.9 Å². The van der Waals surface area contributed by atoms with Gasteiger partial charge in [0.1, 0.15) is 12.6 Å². The highest BCUT2D eigenvalue weighted by Crippen LogP contribution is 2.03. The number of carbonyl (C=O) groups is 2. The van der Waals surface area contributed by atoms with Crippen LogP contribution in [0.15, 0.2) is 22.7 Å². The molecule has 0 unspecified atom stereocenters. The third kappa shape index (κ3) is 5.17. The summed E-state index contributed by atoms with van der Waals surface area (Å²) in [6.45, 7) is 0. The van der Waals surface area contributed by atoms with Gasteiger partial charge in [-0.3, -0.25) is 9.59 Å². The van der Waals surface area contributed by atoms with Gasteiger partial charge in [-0.2, -0.15) is 0 Å². The highest BCUT2D eigenvalue weighted by molar-refractivity contribution is 9.11. The third-order valence-corrected chi connectivity index (χ3v) is 1.09. The lowest BCUT2D eigenvalue weighted by Gasteiger charge is -1.78. The fourth-order valence-corrected chi connectivity index (χ4v) is 0.512. The van der Waals surface area contributed by atoms with E-state index in [-0.39, 0.29) is 0 Å². The van der Waals surface area contributed by atoms with Gasteiger partial charge in [0.05, 0.1) is 0 Å². The third-order valence-electron chi connectivity index (χ3n) is 0.561. The predicted molar refractivity (Wildman–Crippen MR) is 38.3 cm³/mol. The van der Waals surface area contributed by atoms with Gasteiger partial charge >= 0.3 is 0 Å². The quantitative estimate of drug-likeness (QED) is 0.380. The molecular weight excluding hydrogens is 184 g/mol. The fourth-order valence-electron chi connectivity index (χ4n) is 0.252. The zero-order valence-corrected chi connectivity index (χ0v) is 6.17. The van der Waals surface area contributed by atoms with Crippen LogP contribution >= 0.6 is 15.9 Å². The van der Waals surface area contributed by atoms with Crippen molar-refractivity contribution in [1.29, 1.82) is 0 Å². The van der Waals surface area contributed by atoms with Crippen molar-refractivity contribution in [3.05, 3.63) is 22.7 Å². The Hall–Kier alpha value is -0.700. The van der Waals surface area contributed by atoms with Gasteiger partial charge in [0.15, 0.2) is 0 Å². The molecule has 0 N–H and O–H groups in total. The van der Waals surface area contributed by atoms with Gasteiger partial charge in [-0.05, 0) is 18.2 Å². The Labute approximate surface area is 61.4 Å². The van der Waals surface area contributed by atoms with E-state index in [2.05, 4.69) is 15.9 Å². The Kier molecular flexibility index (Phi) is 5.01. The van der Waals surface area contributed by atoms with E-state index in [4.69, 9.17) is 0 Å². The van der Waals surface area contributed by atoms with Crippen molar-refractivity contribution in [2.24, 2.45) is 0 Å².